The summed E-state index contributed by atoms with van der Waals surface area (Å²) in [6, 6.07) is 13.2. The van der Waals surface area contributed by atoms with E-state index in [4.69, 9.17) is 0 Å². The van der Waals surface area contributed by atoms with Crippen LogP contribution in [0.2, 0.25) is 0 Å². The van der Waals surface area contributed by atoms with Crippen molar-refractivity contribution in [3.63, 3.8) is 0 Å². The van der Waals surface area contributed by atoms with Crippen LogP contribution in [-0.4, -0.2) is 37.8 Å². The zero-order chi connectivity index (χ0) is 13.8. The number of benzene rings is 1. The molecule has 1 aliphatic heterocycles. The molecule has 1 aliphatic rings. The molecule has 2 heterocycles. The first kappa shape index (κ1) is 13.4. The third kappa shape index (κ3) is 2.94. The lowest BCUT2D eigenvalue weighted by Crippen LogP contribution is -2.46. The number of anilines is 2. The predicted octanol–water partition coefficient (Wildman–Crippen LogP) is 2.34. The number of aromatic nitrogens is 1. The van der Waals surface area contributed by atoms with E-state index >= 15 is 0 Å². The summed E-state index contributed by atoms with van der Waals surface area (Å²) in [5, 5.41) is 1.43. The summed E-state index contributed by atoms with van der Waals surface area (Å²) in [5.41, 5.74) is 2.63. The van der Waals surface area contributed by atoms with Gasteiger partial charge in [-0.15, -0.1) is 0 Å². The molecular weight excluding hydrogens is 265 g/mol. The third-order valence-electron chi connectivity index (χ3n) is 3.83. The molecule has 3 rings (SSSR count). The van der Waals surface area contributed by atoms with Crippen molar-refractivity contribution in [1.29, 1.82) is 0 Å². The van der Waals surface area contributed by atoms with Crippen LogP contribution in [0.25, 0.3) is 0 Å². The zero-order valence-corrected chi connectivity index (χ0v) is 12.8. The Morgan fingerprint density at radius 1 is 0.800 bits per heavy atom. The SMILES string of the molecule is CPc1ccc(N2CCN(c3ccncc3)CC2)cc1. The van der Waals surface area contributed by atoms with Crippen LogP contribution in [0.1, 0.15) is 0 Å². The highest BCUT2D eigenvalue weighted by Crippen LogP contribution is 2.20. The Morgan fingerprint density at radius 3 is 1.80 bits per heavy atom. The van der Waals surface area contributed by atoms with Crippen molar-refractivity contribution in [1.82, 2.24) is 4.98 Å². The number of nitrogens with zero attached hydrogens (tertiary/aromatic N) is 3. The fraction of sp³-hybridized carbons (Fsp3) is 0.312. The van der Waals surface area contributed by atoms with Gasteiger partial charge in [-0.1, -0.05) is 20.7 Å². The van der Waals surface area contributed by atoms with Gasteiger partial charge in [-0.3, -0.25) is 4.98 Å². The molecule has 104 valence electrons. The summed E-state index contributed by atoms with van der Waals surface area (Å²) in [5.74, 6) is 0. The molecule has 0 aliphatic carbocycles. The molecule has 0 N–H and O–H groups in total. The van der Waals surface area contributed by atoms with Gasteiger partial charge in [0.2, 0.25) is 0 Å². The Kier molecular flexibility index (Phi) is 4.17. The lowest BCUT2D eigenvalue weighted by Gasteiger charge is -2.37. The summed E-state index contributed by atoms with van der Waals surface area (Å²) < 4.78 is 0. The molecule has 0 bridgehead atoms. The van der Waals surface area contributed by atoms with Gasteiger partial charge in [0.05, 0.1) is 0 Å². The standard InChI is InChI=1S/C16H20N3P/c1-20-16-4-2-14(3-5-16)18-10-12-19(13-11-18)15-6-8-17-9-7-15/h2-9,20H,10-13H2,1H3. The lowest BCUT2D eigenvalue weighted by molar-refractivity contribution is 0.653. The van der Waals surface area contributed by atoms with E-state index in [-0.39, 0.29) is 0 Å². The molecule has 1 unspecified atom stereocenters. The predicted molar refractivity (Wildman–Crippen MR) is 89.0 cm³/mol. The Hall–Kier alpha value is -1.60. The number of pyridine rings is 1. The summed E-state index contributed by atoms with van der Waals surface area (Å²) in [6.07, 6.45) is 3.73. The van der Waals surface area contributed by atoms with Crippen LogP contribution in [0.4, 0.5) is 11.4 Å². The van der Waals surface area contributed by atoms with Crippen LogP contribution < -0.4 is 15.1 Å². The van der Waals surface area contributed by atoms with Gasteiger partial charge in [-0.05, 0) is 36.2 Å². The number of piperazine rings is 1. The van der Waals surface area contributed by atoms with Crippen LogP contribution in [0.5, 0.6) is 0 Å². The van der Waals surface area contributed by atoms with Gasteiger partial charge in [0.1, 0.15) is 0 Å². The van der Waals surface area contributed by atoms with Crippen molar-refractivity contribution in [2.75, 3.05) is 42.6 Å². The van der Waals surface area contributed by atoms with Crippen molar-refractivity contribution in [2.24, 2.45) is 0 Å². The Balaban J connectivity index is 1.63. The second kappa shape index (κ2) is 6.23. The molecule has 3 nitrogen and oxygen atoms in total. The van der Waals surface area contributed by atoms with E-state index in [1.54, 1.807) is 0 Å². The van der Waals surface area contributed by atoms with E-state index < -0.39 is 0 Å². The Labute approximate surface area is 122 Å². The van der Waals surface area contributed by atoms with Gasteiger partial charge in [0.15, 0.2) is 0 Å². The molecule has 1 fully saturated rings. The van der Waals surface area contributed by atoms with E-state index in [9.17, 15) is 0 Å². The van der Waals surface area contributed by atoms with E-state index in [1.165, 1.54) is 16.7 Å². The topological polar surface area (TPSA) is 19.4 Å². The van der Waals surface area contributed by atoms with Crippen molar-refractivity contribution >= 4 is 25.3 Å². The van der Waals surface area contributed by atoms with Crippen molar-refractivity contribution in [3.8, 4) is 0 Å². The molecule has 4 heteroatoms. The molecule has 2 aromatic rings. The molecule has 0 radical (unpaired) electrons. The number of hydrogen-bond acceptors (Lipinski definition) is 3. The highest BCUT2D eigenvalue weighted by Gasteiger charge is 2.17. The minimum Gasteiger partial charge on any atom is -0.368 e. The molecule has 1 aromatic carbocycles. The van der Waals surface area contributed by atoms with Gasteiger partial charge in [0.25, 0.3) is 0 Å². The van der Waals surface area contributed by atoms with Crippen LogP contribution in [0.15, 0.2) is 48.8 Å². The fourth-order valence-corrected chi connectivity index (χ4v) is 3.12. The minimum atomic E-state index is 0.880. The van der Waals surface area contributed by atoms with Crippen molar-refractivity contribution < 1.29 is 0 Å². The van der Waals surface area contributed by atoms with E-state index in [2.05, 4.69) is 57.8 Å². The highest BCUT2D eigenvalue weighted by atomic mass is 31.1. The first-order chi connectivity index (χ1) is 9.86. The van der Waals surface area contributed by atoms with Crippen LogP contribution >= 0.6 is 8.58 Å². The van der Waals surface area contributed by atoms with Crippen molar-refractivity contribution in [2.45, 2.75) is 0 Å². The molecule has 1 saturated heterocycles. The third-order valence-corrected chi connectivity index (χ3v) is 4.74. The quantitative estimate of drug-likeness (QED) is 0.807. The summed E-state index contributed by atoms with van der Waals surface area (Å²) in [4.78, 5) is 8.99. The maximum atomic E-state index is 4.08. The molecule has 0 spiro atoms. The van der Waals surface area contributed by atoms with Gasteiger partial charge >= 0.3 is 0 Å². The summed E-state index contributed by atoms with van der Waals surface area (Å²) >= 11 is 0. The van der Waals surface area contributed by atoms with E-state index in [0.717, 1.165) is 34.8 Å². The monoisotopic (exact) mass is 285 g/mol. The summed E-state index contributed by atoms with van der Waals surface area (Å²) in [7, 11) is 0.880. The normalized spacial score (nSPS) is 16.1. The smallest absolute Gasteiger partial charge is 0.0398 e. The Morgan fingerprint density at radius 2 is 1.30 bits per heavy atom. The van der Waals surface area contributed by atoms with Gasteiger partial charge < -0.3 is 9.80 Å². The molecule has 1 atom stereocenters. The second-order valence-electron chi connectivity index (χ2n) is 4.98. The number of hydrogen-bond donors (Lipinski definition) is 0. The summed E-state index contributed by atoms with van der Waals surface area (Å²) in [6.45, 7) is 6.53. The zero-order valence-electron chi connectivity index (χ0n) is 11.8. The second-order valence-corrected chi connectivity index (χ2v) is 6.05. The molecule has 0 amide bonds. The van der Waals surface area contributed by atoms with Crippen molar-refractivity contribution in [3.05, 3.63) is 48.8 Å². The average Bonchev–Trinajstić information content (AvgIpc) is 2.56. The average molecular weight is 285 g/mol. The lowest BCUT2D eigenvalue weighted by atomic mass is 10.2. The maximum absolute atomic E-state index is 4.08. The van der Waals surface area contributed by atoms with Gasteiger partial charge in [0, 0.05) is 49.9 Å². The first-order valence-corrected chi connectivity index (χ1v) is 8.54. The molecule has 1 aromatic heterocycles. The van der Waals surface area contributed by atoms with Gasteiger partial charge in [-0.25, -0.2) is 0 Å². The minimum absolute atomic E-state index is 0.880. The molecular formula is C16H20N3P. The molecule has 0 saturated carbocycles. The fourth-order valence-electron chi connectivity index (χ4n) is 2.62. The van der Waals surface area contributed by atoms with Crippen LogP contribution in [0.3, 0.4) is 0 Å². The maximum Gasteiger partial charge on any atom is 0.0398 e. The van der Waals surface area contributed by atoms with Gasteiger partial charge in [-0.2, -0.15) is 0 Å². The van der Waals surface area contributed by atoms with E-state index in [0.29, 0.717) is 0 Å². The van der Waals surface area contributed by atoms with Crippen LogP contribution in [0, 0.1) is 0 Å². The highest BCUT2D eigenvalue weighted by molar-refractivity contribution is 7.46. The number of rotatable bonds is 3. The molecule has 20 heavy (non-hydrogen) atoms. The largest absolute Gasteiger partial charge is 0.368 e. The van der Waals surface area contributed by atoms with E-state index in [1.807, 2.05) is 12.4 Å². The van der Waals surface area contributed by atoms with Crippen LogP contribution in [-0.2, 0) is 0 Å². The Bertz CT molecular complexity index is 533. The first-order valence-electron chi connectivity index (χ1n) is 7.04.